The first-order valence-corrected chi connectivity index (χ1v) is 10.3. The van der Waals surface area contributed by atoms with E-state index in [0.29, 0.717) is 25.3 Å². The van der Waals surface area contributed by atoms with Crippen LogP contribution in [0.3, 0.4) is 0 Å². The Kier molecular flexibility index (Phi) is 26.3. The lowest BCUT2D eigenvalue weighted by atomic mass is 10.1. The summed E-state index contributed by atoms with van der Waals surface area (Å²) >= 11 is 0. The first-order valence-electron chi connectivity index (χ1n) is 10.3. The molecule has 0 aromatic heterocycles. The van der Waals surface area contributed by atoms with E-state index < -0.39 is 54.0 Å². The Labute approximate surface area is 198 Å². The summed E-state index contributed by atoms with van der Waals surface area (Å²) < 4.78 is 0. The van der Waals surface area contributed by atoms with E-state index in [0.717, 1.165) is 12.8 Å². The molecule has 0 heterocycles. The predicted octanol–water partition coefficient (Wildman–Crippen LogP) is -2.34. The highest BCUT2D eigenvalue weighted by atomic mass is 16.4. The molecule has 1 amide bonds. The second-order valence-electron chi connectivity index (χ2n) is 7.55. The van der Waals surface area contributed by atoms with Gasteiger partial charge in [0.25, 0.3) is 0 Å². The minimum atomic E-state index is -1.21. The molecule has 0 aliphatic carbocycles. The van der Waals surface area contributed by atoms with Crippen LogP contribution in [0.2, 0.25) is 0 Å². The first-order chi connectivity index (χ1) is 15.4. The summed E-state index contributed by atoms with van der Waals surface area (Å²) in [4.78, 5) is 49.7. The third-order valence-corrected chi connectivity index (χ3v) is 3.46. The van der Waals surface area contributed by atoms with E-state index in [4.69, 9.17) is 49.1 Å². The monoisotopic (exact) mass is 498 g/mol. The van der Waals surface area contributed by atoms with Crippen molar-refractivity contribution >= 4 is 29.8 Å². The van der Waals surface area contributed by atoms with Crippen LogP contribution in [0, 0.1) is 5.92 Å². The molecule has 0 fully saturated rings. The van der Waals surface area contributed by atoms with Crippen LogP contribution in [0.15, 0.2) is 0 Å². The number of carbonyl (C=O) groups is 5. The van der Waals surface area contributed by atoms with Gasteiger partial charge in [-0.05, 0) is 38.6 Å². The Morgan fingerprint density at radius 2 is 1.06 bits per heavy atom. The number of unbranched alkanes of at least 4 members (excludes halogenated alkanes) is 1. The molecule has 0 saturated heterocycles. The summed E-state index contributed by atoms with van der Waals surface area (Å²) in [6.45, 7) is 5.92. The van der Waals surface area contributed by atoms with E-state index in [-0.39, 0.29) is 6.42 Å². The van der Waals surface area contributed by atoms with Crippen molar-refractivity contribution in [3.8, 4) is 0 Å². The maximum Gasteiger partial charge on any atom is 0.321 e. The first kappa shape index (κ1) is 38.4. The molecule has 0 unspecified atom stereocenters. The standard InChI is InChI=1S/C6H14N2O2.C6H13NO2.C4H8N2O3.C3H7NO2/c7-4-2-1-3-5(8)6(9)10;1-4(2)3-5(7)6(8)9;5-2(4(8)9)1-3(6)7;1-2(4)3(5)6/h5H,1-4,7-8H2,(H,9,10);4-5H,3,7H2,1-2H3,(H,8,9);2H,1,5H2,(H2,6,7)(H,8,9);2H,4H2,1H3,(H,5,6)/t2*5-;2*2-/m0000/s1. The highest BCUT2D eigenvalue weighted by Crippen LogP contribution is 2.01. The van der Waals surface area contributed by atoms with Gasteiger partial charge in [0.2, 0.25) is 5.91 Å². The third-order valence-electron chi connectivity index (χ3n) is 3.46. The molecule has 15 heteroatoms. The smallest absolute Gasteiger partial charge is 0.321 e. The van der Waals surface area contributed by atoms with Crippen molar-refractivity contribution in [1.29, 1.82) is 0 Å². The maximum absolute atomic E-state index is 10.1. The molecule has 0 radical (unpaired) electrons. The maximum atomic E-state index is 10.1. The molecule has 16 N–H and O–H groups in total. The molecule has 202 valence electrons. The zero-order valence-corrected chi connectivity index (χ0v) is 19.9. The molecule has 0 saturated carbocycles. The Hall–Kier alpha value is -2.85. The molecule has 0 aromatic carbocycles. The van der Waals surface area contributed by atoms with Gasteiger partial charge >= 0.3 is 23.9 Å². The van der Waals surface area contributed by atoms with Crippen molar-refractivity contribution in [2.75, 3.05) is 6.54 Å². The number of carboxylic acid groups (broad SMARTS) is 4. The number of aliphatic carboxylic acids is 4. The molecule has 0 aromatic rings. The van der Waals surface area contributed by atoms with Crippen LogP contribution >= 0.6 is 0 Å². The molecule has 0 rings (SSSR count). The van der Waals surface area contributed by atoms with Gasteiger partial charge < -0.3 is 54.8 Å². The van der Waals surface area contributed by atoms with Gasteiger partial charge in [0.15, 0.2) is 0 Å². The summed E-state index contributed by atoms with van der Waals surface area (Å²) in [5.74, 6) is -4.37. The van der Waals surface area contributed by atoms with Gasteiger partial charge in [-0.2, -0.15) is 0 Å². The largest absolute Gasteiger partial charge is 0.480 e. The normalized spacial score (nSPS) is 13.2. The molecule has 0 bridgehead atoms. The Bertz CT molecular complexity index is 603. The SMILES string of the molecule is CC(C)C[C@H](N)C(=O)O.C[C@H](N)C(=O)O.NC(=O)C[C@H](N)C(=O)O.NCCCC[C@H](N)C(=O)O. The molecule has 34 heavy (non-hydrogen) atoms. The minimum absolute atomic E-state index is 0.310. The van der Waals surface area contributed by atoms with Crippen LogP contribution in [0.4, 0.5) is 0 Å². The number of carboxylic acids is 4. The fourth-order valence-corrected chi connectivity index (χ4v) is 1.54. The molecule has 0 aliphatic heterocycles. The van der Waals surface area contributed by atoms with Crippen LogP contribution in [-0.2, 0) is 24.0 Å². The highest BCUT2D eigenvalue weighted by Gasteiger charge is 2.13. The van der Waals surface area contributed by atoms with Crippen molar-refractivity contribution in [3.05, 3.63) is 0 Å². The van der Waals surface area contributed by atoms with E-state index in [1.807, 2.05) is 13.8 Å². The van der Waals surface area contributed by atoms with Gasteiger partial charge in [0.1, 0.15) is 24.2 Å². The van der Waals surface area contributed by atoms with Gasteiger partial charge in [0, 0.05) is 0 Å². The molecule has 0 aliphatic rings. The molecule has 4 atom stereocenters. The van der Waals surface area contributed by atoms with Gasteiger partial charge in [0.05, 0.1) is 6.42 Å². The Morgan fingerprint density at radius 1 is 0.676 bits per heavy atom. The van der Waals surface area contributed by atoms with Crippen LogP contribution in [-0.4, -0.2) is 80.9 Å². The van der Waals surface area contributed by atoms with Gasteiger partial charge in [-0.3, -0.25) is 24.0 Å². The van der Waals surface area contributed by atoms with E-state index in [2.05, 4.69) is 5.73 Å². The van der Waals surface area contributed by atoms with Gasteiger partial charge in [-0.25, -0.2) is 0 Å². The van der Waals surface area contributed by atoms with Crippen LogP contribution in [0.1, 0.15) is 52.9 Å². The number of carbonyl (C=O) groups excluding carboxylic acids is 1. The lowest BCUT2D eigenvalue weighted by Gasteiger charge is -2.07. The van der Waals surface area contributed by atoms with Crippen molar-refractivity contribution in [2.45, 2.75) is 77.0 Å². The summed E-state index contributed by atoms with van der Waals surface area (Å²) in [5, 5.41) is 32.6. The average molecular weight is 499 g/mol. The fourth-order valence-electron chi connectivity index (χ4n) is 1.54. The van der Waals surface area contributed by atoms with E-state index >= 15 is 0 Å². The lowest BCUT2D eigenvalue weighted by molar-refractivity contribution is -0.140. The van der Waals surface area contributed by atoms with Crippen molar-refractivity contribution in [1.82, 2.24) is 0 Å². The lowest BCUT2D eigenvalue weighted by Crippen LogP contribution is -2.34. The molecule has 0 spiro atoms. The summed E-state index contributed by atoms with van der Waals surface area (Å²) in [5.41, 5.74) is 30.0. The van der Waals surface area contributed by atoms with Crippen molar-refractivity contribution in [2.24, 2.45) is 40.3 Å². The van der Waals surface area contributed by atoms with Gasteiger partial charge in [-0.1, -0.05) is 20.3 Å². The summed E-state index contributed by atoms with van der Waals surface area (Å²) in [7, 11) is 0. The van der Waals surface area contributed by atoms with E-state index in [1.165, 1.54) is 6.92 Å². The number of nitrogens with two attached hydrogens (primary N) is 6. The fraction of sp³-hybridized carbons (Fsp3) is 0.737. The number of amides is 1. The topological polar surface area (TPSA) is 322 Å². The number of rotatable bonds is 12. The molecular formula is C19H42N6O9. The average Bonchev–Trinajstić information content (AvgIpc) is 2.68. The number of hydrogen-bond acceptors (Lipinski definition) is 10. The zero-order chi connectivity index (χ0) is 28.0. The van der Waals surface area contributed by atoms with E-state index in [1.54, 1.807) is 0 Å². The van der Waals surface area contributed by atoms with E-state index in [9.17, 15) is 24.0 Å². The van der Waals surface area contributed by atoms with Crippen LogP contribution < -0.4 is 34.4 Å². The molecular weight excluding hydrogens is 456 g/mol. The highest BCUT2D eigenvalue weighted by molar-refractivity contribution is 5.83. The Balaban J connectivity index is -0.000000179. The quantitative estimate of drug-likeness (QED) is 0.126. The zero-order valence-electron chi connectivity index (χ0n) is 19.9. The van der Waals surface area contributed by atoms with Crippen LogP contribution in [0.5, 0.6) is 0 Å². The molecule has 15 nitrogen and oxygen atoms in total. The second kappa shape index (κ2) is 23.3. The summed E-state index contributed by atoms with van der Waals surface area (Å²) in [6, 6.07) is -3.30. The summed E-state index contributed by atoms with van der Waals surface area (Å²) in [6.07, 6.45) is 2.40. The van der Waals surface area contributed by atoms with Crippen molar-refractivity contribution in [3.63, 3.8) is 0 Å². The van der Waals surface area contributed by atoms with Crippen molar-refractivity contribution < 1.29 is 44.4 Å². The van der Waals surface area contributed by atoms with Gasteiger partial charge in [-0.15, -0.1) is 0 Å². The minimum Gasteiger partial charge on any atom is -0.480 e. The predicted molar refractivity (Wildman–Crippen MR) is 124 cm³/mol. The third kappa shape index (κ3) is 33.8. The number of primary amides is 1. The number of hydrogen-bond donors (Lipinski definition) is 10. The second-order valence-corrected chi connectivity index (χ2v) is 7.55. The van der Waals surface area contributed by atoms with Crippen LogP contribution in [0.25, 0.3) is 0 Å². The Morgan fingerprint density at radius 3 is 1.24 bits per heavy atom.